The molecule has 1 amide bonds. The molecule has 0 heterocycles. The van der Waals surface area contributed by atoms with E-state index in [0.717, 1.165) is 11.4 Å². The van der Waals surface area contributed by atoms with Gasteiger partial charge in [0.2, 0.25) is 5.91 Å². The van der Waals surface area contributed by atoms with Crippen LogP contribution in [0.15, 0.2) is 48.5 Å². The van der Waals surface area contributed by atoms with Gasteiger partial charge in [0, 0.05) is 5.69 Å². The van der Waals surface area contributed by atoms with Crippen molar-refractivity contribution in [1.82, 2.24) is 0 Å². The lowest BCUT2D eigenvalue weighted by Gasteiger charge is -2.17. The molecule has 4 heteroatoms. The summed E-state index contributed by atoms with van der Waals surface area (Å²) in [6.45, 7) is 6.11. The van der Waals surface area contributed by atoms with Crippen LogP contribution in [-0.4, -0.2) is 19.1 Å². The average Bonchev–Trinajstić information content (AvgIpc) is 2.55. The van der Waals surface area contributed by atoms with Crippen LogP contribution in [0.1, 0.15) is 32.3 Å². The highest BCUT2D eigenvalue weighted by molar-refractivity contribution is 5.96. The Labute approximate surface area is 137 Å². The molecule has 2 rings (SSSR count). The molecule has 0 radical (unpaired) electrons. The molecule has 23 heavy (non-hydrogen) atoms. The van der Waals surface area contributed by atoms with Crippen LogP contribution < -0.4 is 15.4 Å². The van der Waals surface area contributed by atoms with Crippen molar-refractivity contribution in [3.63, 3.8) is 0 Å². The molecular weight excluding hydrogens is 288 g/mol. The lowest BCUT2D eigenvalue weighted by molar-refractivity contribution is -0.116. The Morgan fingerprint density at radius 1 is 1.00 bits per heavy atom. The van der Waals surface area contributed by atoms with Gasteiger partial charge in [0.15, 0.2) is 0 Å². The maximum absolute atomic E-state index is 12.3. The van der Waals surface area contributed by atoms with E-state index in [4.69, 9.17) is 4.74 Å². The number of benzene rings is 2. The molecule has 0 aliphatic heterocycles. The van der Waals surface area contributed by atoms with E-state index in [1.165, 1.54) is 5.56 Å². The Bertz CT molecular complexity index is 651. The summed E-state index contributed by atoms with van der Waals surface area (Å²) in [6.07, 6.45) is 0. The minimum atomic E-state index is -0.379. The van der Waals surface area contributed by atoms with Gasteiger partial charge >= 0.3 is 0 Å². The molecule has 4 nitrogen and oxygen atoms in total. The molecule has 1 atom stereocenters. The predicted octanol–water partition coefficient (Wildman–Crippen LogP) is 4.26. The molecule has 0 unspecified atom stereocenters. The summed E-state index contributed by atoms with van der Waals surface area (Å²) in [7, 11) is 1.61. The molecule has 0 aliphatic carbocycles. The summed E-state index contributed by atoms with van der Waals surface area (Å²) in [5.41, 5.74) is 2.85. The Morgan fingerprint density at radius 2 is 1.65 bits per heavy atom. The van der Waals surface area contributed by atoms with Gasteiger partial charge in [-0.3, -0.25) is 4.79 Å². The molecule has 122 valence electrons. The van der Waals surface area contributed by atoms with Crippen molar-refractivity contribution < 1.29 is 9.53 Å². The van der Waals surface area contributed by atoms with Crippen molar-refractivity contribution in [2.75, 3.05) is 17.7 Å². The number of methoxy groups -OCH3 is 1. The van der Waals surface area contributed by atoms with Crippen molar-refractivity contribution in [1.29, 1.82) is 0 Å². The molecular formula is C19H24N2O2. The van der Waals surface area contributed by atoms with Crippen LogP contribution in [0.2, 0.25) is 0 Å². The zero-order valence-corrected chi connectivity index (χ0v) is 14.1. The second-order valence-electron chi connectivity index (χ2n) is 5.83. The van der Waals surface area contributed by atoms with Gasteiger partial charge in [0.05, 0.1) is 12.8 Å². The molecule has 0 spiro atoms. The maximum Gasteiger partial charge on any atom is 0.246 e. The fourth-order valence-corrected chi connectivity index (χ4v) is 2.26. The second kappa shape index (κ2) is 7.68. The number of amides is 1. The third-order valence-electron chi connectivity index (χ3n) is 3.72. The molecule has 0 bridgehead atoms. The molecule has 2 aromatic rings. The summed E-state index contributed by atoms with van der Waals surface area (Å²) < 4.78 is 5.29. The highest BCUT2D eigenvalue weighted by Gasteiger charge is 2.14. The summed E-state index contributed by atoms with van der Waals surface area (Å²) in [6, 6.07) is 15.1. The molecule has 2 aromatic carbocycles. The first kappa shape index (κ1) is 16.9. The largest absolute Gasteiger partial charge is 0.495 e. The third kappa shape index (κ3) is 4.49. The number of ether oxygens (including phenoxy) is 1. The van der Waals surface area contributed by atoms with Crippen molar-refractivity contribution >= 4 is 17.3 Å². The summed E-state index contributed by atoms with van der Waals surface area (Å²) in [4.78, 5) is 12.3. The zero-order valence-electron chi connectivity index (χ0n) is 14.1. The summed E-state index contributed by atoms with van der Waals surface area (Å²) in [5.74, 6) is 1.10. The van der Waals surface area contributed by atoms with Crippen LogP contribution in [0, 0.1) is 0 Å². The van der Waals surface area contributed by atoms with E-state index in [0.29, 0.717) is 11.7 Å². The van der Waals surface area contributed by atoms with E-state index in [9.17, 15) is 4.79 Å². The van der Waals surface area contributed by atoms with Gasteiger partial charge in [-0.1, -0.05) is 38.1 Å². The Kier molecular flexibility index (Phi) is 5.63. The minimum Gasteiger partial charge on any atom is -0.495 e. The summed E-state index contributed by atoms with van der Waals surface area (Å²) in [5, 5.41) is 6.10. The monoisotopic (exact) mass is 312 g/mol. The van der Waals surface area contributed by atoms with Crippen molar-refractivity contribution in [3.05, 3.63) is 54.1 Å². The number of hydrogen-bond acceptors (Lipinski definition) is 3. The molecule has 0 saturated heterocycles. The van der Waals surface area contributed by atoms with Crippen LogP contribution >= 0.6 is 0 Å². The molecule has 0 fully saturated rings. The first-order chi connectivity index (χ1) is 11.0. The number of carbonyl (C=O) groups is 1. The topological polar surface area (TPSA) is 50.4 Å². The molecule has 0 saturated carbocycles. The van der Waals surface area contributed by atoms with Crippen molar-refractivity contribution in [2.45, 2.75) is 32.7 Å². The quantitative estimate of drug-likeness (QED) is 0.838. The Balaban J connectivity index is 1.99. The van der Waals surface area contributed by atoms with Crippen LogP contribution in [-0.2, 0) is 4.79 Å². The number of carbonyl (C=O) groups excluding carboxylic acids is 1. The van der Waals surface area contributed by atoms with E-state index in [-0.39, 0.29) is 11.9 Å². The molecule has 2 N–H and O–H groups in total. The zero-order chi connectivity index (χ0) is 16.8. The van der Waals surface area contributed by atoms with E-state index in [2.05, 4.69) is 24.5 Å². The van der Waals surface area contributed by atoms with E-state index >= 15 is 0 Å². The number of anilines is 2. The number of hydrogen-bond donors (Lipinski definition) is 2. The number of nitrogens with one attached hydrogen (secondary N) is 2. The highest BCUT2D eigenvalue weighted by Crippen LogP contribution is 2.24. The normalized spacial score (nSPS) is 11.9. The van der Waals surface area contributed by atoms with Crippen LogP contribution in [0.5, 0.6) is 5.75 Å². The smallest absolute Gasteiger partial charge is 0.246 e. The predicted molar refractivity (Wildman–Crippen MR) is 95.2 cm³/mol. The van der Waals surface area contributed by atoms with Gasteiger partial charge < -0.3 is 15.4 Å². The van der Waals surface area contributed by atoms with Crippen LogP contribution in [0.25, 0.3) is 0 Å². The Hall–Kier alpha value is -2.49. The van der Waals surface area contributed by atoms with E-state index in [1.54, 1.807) is 7.11 Å². The fraction of sp³-hybridized carbons (Fsp3) is 0.316. The number of para-hydroxylation sites is 2. The Morgan fingerprint density at radius 3 is 2.26 bits per heavy atom. The van der Waals surface area contributed by atoms with Crippen LogP contribution in [0.4, 0.5) is 11.4 Å². The van der Waals surface area contributed by atoms with E-state index in [1.807, 2.05) is 55.5 Å². The van der Waals surface area contributed by atoms with Gasteiger partial charge in [-0.15, -0.1) is 0 Å². The van der Waals surface area contributed by atoms with E-state index < -0.39 is 0 Å². The maximum atomic E-state index is 12.3. The standard InChI is InChI=1S/C19H24N2O2/c1-13(2)15-9-11-16(12-10-15)21-19(22)14(3)20-17-7-5-6-8-18(17)23-4/h5-14,20H,1-4H3,(H,21,22)/t14-/m0/s1. The molecule has 0 aliphatic rings. The van der Waals surface area contributed by atoms with Gasteiger partial charge in [-0.25, -0.2) is 0 Å². The van der Waals surface area contributed by atoms with Gasteiger partial charge in [-0.05, 0) is 42.7 Å². The van der Waals surface area contributed by atoms with Crippen molar-refractivity contribution in [3.8, 4) is 5.75 Å². The average molecular weight is 312 g/mol. The fourth-order valence-electron chi connectivity index (χ4n) is 2.26. The van der Waals surface area contributed by atoms with Crippen molar-refractivity contribution in [2.24, 2.45) is 0 Å². The van der Waals surface area contributed by atoms with Gasteiger partial charge in [0.25, 0.3) is 0 Å². The highest BCUT2D eigenvalue weighted by atomic mass is 16.5. The molecule has 0 aromatic heterocycles. The lowest BCUT2D eigenvalue weighted by Crippen LogP contribution is -2.32. The third-order valence-corrected chi connectivity index (χ3v) is 3.72. The minimum absolute atomic E-state index is 0.0896. The SMILES string of the molecule is COc1ccccc1N[C@@H](C)C(=O)Nc1ccc(C(C)C)cc1. The summed E-state index contributed by atoms with van der Waals surface area (Å²) >= 11 is 0. The number of rotatable bonds is 6. The van der Waals surface area contributed by atoms with Gasteiger partial charge in [0.1, 0.15) is 11.8 Å². The lowest BCUT2D eigenvalue weighted by atomic mass is 10.0. The van der Waals surface area contributed by atoms with Gasteiger partial charge in [-0.2, -0.15) is 0 Å². The van der Waals surface area contributed by atoms with Crippen LogP contribution in [0.3, 0.4) is 0 Å². The first-order valence-electron chi connectivity index (χ1n) is 7.81. The second-order valence-corrected chi connectivity index (χ2v) is 5.83. The first-order valence-corrected chi connectivity index (χ1v) is 7.81.